The third kappa shape index (κ3) is 3.16. The number of phenols is 1. The molecule has 0 amide bonds. The van der Waals surface area contributed by atoms with Crippen molar-refractivity contribution in [1.82, 2.24) is 5.32 Å². The van der Waals surface area contributed by atoms with Crippen LogP contribution in [0.5, 0.6) is 5.75 Å². The van der Waals surface area contributed by atoms with Crippen molar-refractivity contribution in [3.8, 4) is 5.75 Å². The SMILES string of the molecule is CCC(C)NCc1cc(F)c(O)c(F)c1. The molecule has 0 spiro atoms. The maximum atomic E-state index is 12.9. The lowest BCUT2D eigenvalue weighted by molar-refractivity contribution is 0.394. The van der Waals surface area contributed by atoms with Crippen LogP contribution in [-0.2, 0) is 6.54 Å². The number of hydrogen-bond acceptors (Lipinski definition) is 2. The minimum absolute atomic E-state index is 0.296. The molecule has 0 aliphatic carbocycles. The van der Waals surface area contributed by atoms with Gasteiger partial charge < -0.3 is 10.4 Å². The summed E-state index contributed by atoms with van der Waals surface area (Å²) < 4.78 is 25.9. The summed E-state index contributed by atoms with van der Waals surface area (Å²) in [7, 11) is 0. The van der Waals surface area contributed by atoms with Gasteiger partial charge in [0, 0.05) is 12.6 Å². The third-order valence-corrected chi connectivity index (χ3v) is 2.34. The fraction of sp³-hybridized carbons (Fsp3) is 0.455. The molecule has 1 atom stereocenters. The Morgan fingerprint density at radius 2 is 1.87 bits per heavy atom. The van der Waals surface area contributed by atoms with E-state index in [4.69, 9.17) is 5.11 Å². The number of halogens is 2. The second-order valence-corrected chi connectivity index (χ2v) is 3.60. The highest BCUT2D eigenvalue weighted by Crippen LogP contribution is 2.21. The highest BCUT2D eigenvalue weighted by molar-refractivity contribution is 5.29. The van der Waals surface area contributed by atoms with Gasteiger partial charge in [-0.15, -0.1) is 0 Å². The van der Waals surface area contributed by atoms with Crippen molar-refractivity contribution in [3.63, 3.8) is 0 Å². The molecule has 2 N–H and O–H groups in total. The molecule has 0 aliphatic heterocycles. The molecule has 0 aromatic heterocycles. The molecule has 4 heteroatoms. The minimum Gasteiger partial charge on any atom is -0.503 e. The van der Waals surface area contributed by atoms with Gasteiger partial charge in [0.05, 0.1) is 0 Å². The van der Waals surface area contributed by atoms with E-state index in [0.717, 1.165) is 18.6 Å². The van der Waals surface area contributed by atoms with E-state index in [1.54, 1.807) is 0 Å². The lowest BCUT2D eigenvalue weighted by Crippen LogP contribution is -2.24. The molecule has 0 bridgehead atoms. The zero-order valence-corrected chi connectivity index (χ0v) is 8.85. The van der Waals surface area contributed by atoms with Crippen LogP contribution in [0.2, 0.25) is 0 Å². The van der Waals surface area contributed by atoms with Crippen LogP contribution in [-0.4, -0.2) is 11.1 Å². The van der Waals surface area contributed by atoms with E-state index in [2.05, 4.69) is 5.32 Å². The number of phenolic OH excluding ortho intramolecular Hbond substituents is 1. The number of hydrogen-bond donors (Lipinski definition) is 2. The molecule has 2 nitrogen and oxygen atoms in total. The Kier molecular flexibility index (Phi) is 4.03. The summed E-state index contributed by atoms with van der Waals surface area (Å²) in [4.78, 5) is 0. The molecule has 0 saturated carbocycles. The second kappa shape index (κ2) is 5.07. The van der Waals surface area contributed by atoms with E-state index in [1.165, 1.54) is 0 Å². The quantitative estimate of drug-likeness (QED) is 0.809. The summed E-state index contributed by atoms with van der Waals surface area (Å²) >= 11 is 0. The van der Waals surface area contributed by atoms with Crippen LogP contribution in [0.3, 0.4) is 0 Å². The predicted octanol–water partition coefficient (Wildman–Crippen LogP) is 2.56. The van der Waals surface area contributed by atoms with Crippen molar-refractivity contribution in [2.24, 2.45) is 0 Å². The van der Waals surface area contributed by atoms with E-state index in [9.17, 15) is 8.78 Å². The molecule has 0 fully saturated rings. The zero-order chi connectivity index (χ0) is 11.4. The summed E-state index contributed by atoms with van der Waals surface area (Å²) in [6, 6.07) is 2.56. The van der Waals surface area contributed by atoms with Gasteiger partial charge in [0.2, 0.25) is 0 Å². The Balaban J connectivity index is 2.70. The van der Waals surface area contributed by atoms with Gasteiger partial charge in [-0.05, 0) is 31.0 Å². The first-order chi connectivity index (χ1) is 7.04. The Bertz CT molecular complexity index is 318. The molecule has 0 aliphatic rings. The summed E-state index contributed by atoms with van der Waals surface area (Å²) in [6.45, 7) is 4.41. The summed E-state index contributed by atoms with van der Waals surface area (Å²) in [5, 5.41) is 12.0. The number of benzene rings is 1. The van der Waals surface area contributed by atoms with Gasteiger partial charge in [-0.3, -0.25) is 0 Å². The Morgan fingerprint density at radius 3 is 2.33 bits per heavy atom. The zero-order valence-electron chi connectivity index (χ0n) is 8.85. The van der Waals surface area contributed by atoms with Crippen LogP contribution >= 0.6 is 0 Å². The van der Waals surface area contributed by atoms with Crippen LogP contribution in [0.25, 0.3) is 0 Å². The van der Waals surface area contributed by atoms with Crippen LogP contribution in [0, 0.1) is 11.6 Å². The van der Waals surface area contributed by atoms with Crippen molar-refractivity contribution in [2.75, 3.05) is 0 Å². The smallest absolute Gasteiger partial charge is 0.187 e. The highest BCUT2D eigenvalue weighted by atomic mass is 19.1. The fourth-order valence-electron chi connectivity index (χ4n) is 1.16. The van der Waals surface area contributed by atoms with Crippen LogP contribution in [0.15, 0.2) is 12.1 Å². The van der Waals surface area contributed by atoms with Gasteiger partial charge in [0.15, 0.2) is 17.4 Å². The molecule has 15 heavy (non-hydrogen) atoms. The maximum Gasteiger partial charge on any atom is 0.187 e. The monoisotopic (exact) mass is 215 g/mol. The Morgan fingerprint density at radius 1 is 1.33 bits per heavy atom. The van der Waals surface area contributed by atoms with E-state index < -0.39 is 17.4 Å². The largest absolute Gasteiger partial charge is 0.503 e. The molecule has 0 heterocycles. The molecule has 1 aromatic rings. The van der Waals surface area contributed by atoms with Crippen LogP contribution in [0.4, 0.5) is 8.78 Å². The molecule has 1 aromatic carbocycles. The van der Waals surface area contributed by atoms with Gasteiger partial charge in [-0.25, -0.2) is 8.78 Å². The minimum atomic E-state index is -0.920. The first kappa shape index (κ1) is 11.9. The molecular weight excluding hydrogens is 200 g/mol. The Hall–Kier alpha value is -1.16. The standard InChI is InChI=1S/C11H15F2NO/c1-3-7(2)14-6-8-4-9(12)11(15)10(13)5-8/h4-5,7,14-15H,3,6H2,1-2H3. The van der Waals surface area contributed by atoms with E-state index >= 15 is 0 Å². The Labute approximate surface area is 87.9 Å². The van der Waals surface area contributed by atoms with Crippen molar-refractivity contribution < 1.29 is 13.9 Å². The average Bonchev–Trinajstić information content (AvgIpc) is 2.22. The number of rotatable bonds is 4. The molecule has 0 radical (unpaired) electrons. The fourth-order valence-corrected chi connectivity index (χ4v) is 1.16. The van der Waals surface area contributed by atoms with Gasteiger partial charge in [-0.1, -0.05) is 6.92 Å². The van der Waals surface area contributed by atoms with E-state index in [-0.39, 0.29) is 0 Å². The molecule has 1 unspecified atom stereocenters. The summed E-state index contributed by atoms with van der Waals surface area (Å²) in [5.74, 6) is -2.76. The molecule has 0 saturated heterocycles. The number of aromatic hydroxyl groups is 1. The lowest BCUT2D eigenvalue weighted by atomic mass is 10.2. The van der Waals surface area contributed by atoms with E-state index in [0.29, 0.717) is 18.2 Å². The predicted molar refractivity (Wildman–Crippen MR) is 54.6 cm³/mol. The normalized spacial score (nSPS) is 12.8. The van der Waals surface area contributed by atoms with Crippen LogP contribution in [0.1, 0.15) is 25.8 Å². The van der Waals surface area contributed by atoms with E-state index in [1.807, 2.05) is 13.8 Å². The molecular formula is C11H15F2NO. The summed E-state index contributed by atoms with van der Waals surface area (Å²) in [5.41, 5.74) is 0.489. The van der Waals surface area contributed by atoms with Crippen molar-refractivity contribution in [2.45, 2.75) is 32.9 Å². The van der Waals surface area contributed by atoms with Crippen molar-refractivity contribution in [1.29, 1.82) is 0 Å². The van der Waals surface area contributed by atoms with Crippen molar-refractivity contribution in [3.05, 3.63) is 29.3 Å². The second-order valence-electron chi connectivity index (χ2n) is 3.60. The van der Waals surface area contributed by atoms with Gasteiger partial charge in [0.25, 0.3) is 0 Å². The highest BCUT2D eigenvalue weighted by Gasteiger charge is 2.09. The molecule has 84 valence electrons. The first-order valence-corrected chi connectivity index (χ1v) is 4.94. The maximum absolute atomic E-state index is 12.9. The molecule has 1 rings (SSSR count). The van der Waals surface area contributed by atoms with Gasteiger partial charge in [0.1, 0.15) is 0 Å². The van der Waals surface area contributed by atoms with Crippen molar-refractivity contribution >= 4 is 0 Å². The lowest BCUT2D eigenvalue weighted by Gasteiger charge is -2.11. The summed E-state index contributed by atoms with van der Waals surface area (Å²) in [6.07, 6.45) is 0.947. The topological polar surface area (TPSA) is 32.3 Å². The third-order valence-electron chi connectivity index (χ3n) is 2.34. The first-order valence-electron chi connectivity index (χ1n) is 4.94. The van der Waals surface area contributed by atoms with Gasteiger partial charge in [-0.2, -0.15) is 0 Å². The van der Waals surface area contributed by atoms with Gasteiger partial charge >= 0.3 is 0 Å². The number of nitrogens with one attached hydrogen (secondary N) is 1. The average molecular weight is 215 g/mol. The van der Waals surface area contributed by atoms with Crippen LogP contribution < -0.4 is 5.32 Å².